The Morgan fingerprint density at radius 3 is 2.00 bits per heavy atom. The maximum atomic E-state index is 6.08. The van der Waals surface area contributed by atoms with Crippen LogP contribution >= 0.6 is 0 Å². The van der Waals surface area contributed by atoms with Crippen LogP contribution in [0.25, 0.3) is 0 Å². The molecule has 0 N–H and O–H groups in total. The maximum Gasteiger partial charge on any atom is 0.176 e. The van der Waals surface area contributed by atoms with E-state index in [1.165, 1.54) is 81.9 Å². The third-order valence-electron chi connectivity index (χ3n) is 4.62. The zero-order valence-corrected chi connectivity index (χ0v) is 16.7. The van der Waals surface area contributed by atoms with E-state index in [2.05, 4.69) is 44.2 Å². The summed E-state index contributed by atoms with van der Waals surface area (Å²) >= 11 is 0. The van der Waals surface area contributed by atoms with Gasteiger partial charge in [-0.2, -0.15) is 0 Å². The van der Waals surface area contributed by atoms with Gasteiger partial charge in [-0.15, -0.1) is 0 Å². The molecule has 0 bridgehead atoms. The van der Waals surface area contributed by atoms with Crippen LogP contribution in [-0.4, -0.2) is 15.6 Å². The van der Waals surface area contributed by atoms with Gasteiger partial charge in [-0.1, -0.05) is 88.6 Å². The first kappa shape index (κ1) is 20.4. The second-order valence-corrected chi connectivity index (χ2v) is 9.45. The monoisotopic (exact) mass is 334 g/mol. The van der Waals surface area contributed by atoms with Gasteiger partial charge in [0.25, 0.3) is 0 Å². The summed E-state index contributed by atoms with van der Waals surface area (Å²) in [6.45, 7) is 5.36. The molecule has 0 aliphatic carbocycles. The Morgan fingerprint density at radius 2 is 1.35 bits per heavy atom. The minimum atomic E-state index is -0.945. The molecular formula is C21H38OSi. The number of benzene rings is 1. The highest BCUT2D eigenvalue weighted by Crippen LogP contribution is 2.15. The zero-order valence-electron chi connectivity index (χ0n) is 15.6. The first-order chi connectivity index (χ1) is 11.4. The van der Waals surface area contributed by atoms with Crippen molar-refractivity contribution in [1.29, 1.82) is 0 Å². The fourth-order valence-corrected chi connectivity index (χ4v) is 5.73. The molecule has 0 amide bonds. The lowest BCUT2D eigenvalue weighted by atomic mass is 10.1. The van der Waals surface area contributed by atoms with E-state index < -0.39 is 9.04 Å². The molecule has 132 valence electrons. The van der Waals surface area contributed by atoms with E-state index in [9.17, 15) is 0 Å². The van der Waals surface area contributed by atoms with Gasteiger partial charge in [0, 0.05) is 6.61 Å². The van der Waals surface area contributed by atoms with E-state index in [0.717, 1.165) is 6.61 Å². The quantitative estimate of drug-likeness (QED) is 0.262. The van der Waals surface area contributed by atoms with Crippen molar-refractivity contribution in [3.8, 4) is 0 Å². The molecular weight excluding hydrogens is 296 g/mol. The van der Waals surface area contributed by atoms with Gasteiger partial charge in [-0.3, -0.25) is 0 Å². The Labute approximate surface area is 146 Å². The molecule has 1 atom stereocenters. The minimum Gasteiger partial charge on any atom is -0.420 e. The molecule has 0 saturated carbocycles. The van der Waals surface area contributed by atoms with Crippen molar-refractivity contribution in [2.24, 2.45) is 0 Å². The van der Waals surface area contributed by atoms with Gasteiger partial charge >= 0.3 is 0 Å². The number of unbranched alkanes of at least 4 members (excludes halogenated alkanes) is 7. The second kappa shape index (κ2) is 15.0. The van der Waals surface area contributed by atoms with Gasteiger partial charge in [-0.25, -0.2) is 0 Å². The topological polar surface area (TPSA) is 9.23 Å². The fourth-order valence-electron chi connectivity index (χ4n) is 3.23. The molecule has 0 saturated heterocycles. The van der Waals surface area contributed by atoms with Crippen molar-refractivity contribution in [1.82, 2.24) is 0 Å². The molecule has 1 unspecified atom stereocenters. The molecule has 0 aliphatic heterocycles. The average Bonchev–Trinajstić information content (AvgIpc) is 2.58. The molecule has 0 aromatic heterocycles. The normalized spacial score (nSPS) is 12.4. The minimum absolute atomic E-state index is 0.916. The molecule has 0 radical (unpaired) electrons. The van der Waals surface area contributed by atoms with Crippen molar-refractivity contribution in [2.75, 3.05) is 6.61 Å². The molecule has 0 fully saturated rings. The molecule has 2 heteroatoms. The van der Waals surface area contributed by atoms with E-state index in [4.69, 9.17) is 4.43 Å². The third kappa shape index (κ3) is 11.6. The second-order valence-electron chi connectivity index (χ2n) is 6.72. The van der Waals surface area contributed by atoms with E-state index in [1.807, 2.05) is 0 Å². The molecule has 23 heavy (non-hydrogen) atoms. The van der Waals surface area contributed by atoms with E-state index in [1.54, 1.807) is 0 Å². The fraction of sp³-hybridized carbons (Fsp3) is 0.714. The SMILES string of the molecule is CCCCCCCCCC[SiH](CCCc1ccccc1)OCC. The van der Waals surface area contributed by atoms with Crippen LogP contribution in [0.4, 0.5) is 0 Å². The number of hydrogen-bond donors (Lipinski definition) is 0. The summed E-state index contributed by atoms with van der Waals surface area (Å²) < 4.78 is 6.08. The van der Waals surface area contributed by atoms with Gasteiger partial charge in [0.1, 0.15) is 0 Å². The van der Waals surface area contributed by atoms with Crippen molar-refractivity contribution in [2.45, 2.75) is 90.1 Å². The summed E-state index contributed by atoms with van der Waals surface area (Å²) in [4.78, 5) is 0. The molecule has 1 nitrogen and oxygen atoms in total. The molecule has 1 aromatic rings. The molecule has 1 rings (SSSR count). The number of aryl methyl sites for hydroxylation is 1. The average molecular weight is 335 g/mol. The van der Waals surface area contributed by atoms with Gasteiger partial charge < -0.3 is 4.43 Å². The Hall–Kier alpha value is -0.603. The van der Waals surface area contributed by atoms with Crippen molar-refractivity contribution >= 4 is 9.04 Å². The Morgan fingerprint density at radius 1 is 0.739 bits per heavy atom. The maximum absolute atomic E-state index is 6.08. The number of rotatable bonds is 15. The van der Waals surface area contributed by atoms with Crippen LogP contribution in [0.3, 0.4) is 0 Å². The first-order valence-electron chi connectivity index (χ1n) is 10.0. The summed E-state index contributed by atoms with van der Waals surface area (Å²) in [6.07, 6.45) is 13.9. The van der Waals surface area contributed by atoms with E-state index >= 15 is 0 Å². The van der Waals surface area contributed by atoms with Crippen molar-refractivity contribution < 1.29 is 4.43 Å². The van der Waals surface area contributed by atoms with Crippen LogP contribution in [0, 0.1) is 0 Å². The van der Waals surface area contributed by atoms with Crippen LogP contribution in [0.15, 0.2) is 30.3 Å². The smallest absolute Gasteiger partial charge is 0.176 e. The summed E-state index contributed by atoms with van der Waals surface area (Å²) in [5.74, 6) is 0. The summed E-state index contributed by atoms with van der Waals surface area (Å²) in [7, 11) is -0.945. The molecule has 1 aromatic carbocycles. The lowest BCUT2D eigenvalue weighted by molar-refractivity contribution is 0.338. The molecule has 0 spiro atoms. The summed E-state index contributed by atoms with van der Waals surface area (Å²) in [5, 5.41) is 0. The Kier molecular flexibility index (Phi) is 13.3. The van der Waals surface area contributed by atoms with Crippen LogP contribution < -0.4 is 0 Å². The molecule has 0 heterocycles. The lowest BCUT2D eigenvalue weighted by Gasteiger charge is -2.15. The van der Waals surface area contributed by atoms with E-state index in [-0.39, 0.29) is 0 Å². The Balaban J connectivity index is 2.05. The third-order valence-corrected chi connectivity index (χ3v) is 7.53. The van der Waals surface area contributed by atoms with Crippen molar-refractivity contribution in [3.63, 3.8) is 0 Å². The highest BCUT2D eigenvalue weighted by molar-refractivity contribution is 6.51. The van der Waals surface area contributed by atoms with Crippen LogP contribution in [-0.2, 0) is 10.8 Å². The number of hydrogen-bond acceptors (Lipinski definition) is 1. The summed E-state index contributed by atoms with van der Waals surface area (Å²) in [6, 6.07) is 13.6. The van der Waals surface area contributed by atoms with Gasteiger partial charge in [0.2, 0.25) is 0 Å². The van der Waals surface area contributed by atoms with E-state index in [0.29, 0.717) is 0 Å². The van der Waals surface area contributed by atoms with Crippen molar-refractivity contribution in [3.05, 3.63) is 35.9 Å². The zero-order chi connectivity index (χ0) is 16.6. The highest BCUT2D eigenvalue weighted by atomic mass is 28.3. The Bertz CT molecular complexity index is 352. The highest BCUT2D eigenvalue weighted by Gasteiger charge is 2.10. The van der Waals surface area contributed by atoms with Gasteiger partial charge in [-0.05, 0) is 37.4 Å². The van der Waals surface area contributed by atoms with Crippen LogP contribution in [0.1, 0.15) is 77.2 Å². The van der Waals surface area contributed by atoms with Gasteiger partial charge in [0.15, 0.2) is 9.04 Å². The van der Waals surface area contributed by atoms with Crippen LogP contribution in [0.2, 0.25) is 12.1 Å². The van der Waals surface area contributed by atoms with Crippen LogP contribution in [0.5, 0.6) is 0 Å². The molecule has 0 aliphatic rings. The summed E-state index contributed by atoms with van der Waals surface area (Å²) in [5.41, 5.74) is 1.48. The first-order valence-corrected chi connectivity index (χ1v) is 12.1. The predicted octanol–water partition coefficient (Wildman–Crippen LogP) is 6.52. The predicted molar refractivity (Wildman–Crippen MR) is 106 cm³/mol. The standard InChI is InChI=1S/C21H38OSi/c1-3-5-6-7-8-9-10-14-19-23(22-4-2)20-15-18-21-16-12-11-13-17-21/h11-13,16-17,23H,3-10,14-15,18-20H2,1-2H3. The lowest BCUT2D eigenvalue weighted by Crippen LogP contribution is -2.17. The largest absolute Gasteiger partial charge is 0.420 e. The van der Waals surface area contributed by atoms with Gasteiger partial charge in [0.05, 0.1) is 0 Å².